The molecule has 0 aromatic carbocycles. The molecule has 1 rings (SSSR count). The molecular weight excluding hydrogens is 288 g/mol. The lowest BCUT2D eigenvalue weighted by atomic mass is 10.1. The summed E-state index contributed by atoms with van der Waals surface area (Å²) in [5.41, 5.74) is 0. The van der Waals surface area contributed by atoms with Gasteiger partial charge in [0.15, 0.2) is 5.76 Å². The smallest absolute Gasteiger partial charge is 0.307 e. The first kappa shape index (κ1) is 17.7. The number of esters is 1. The molecule has 0 saturated heterocycles. The molecule has 0 spiro atoms. The fourth-order valence-corrected chi connectivity index (χ4v) is 1.92. The molecule has 122 valence electrons. The number of rotatable bonds is 8. The number of carbonyl (C=O) groups is 3. The zero-order valence-corrected chi connectivity index (χ0v) is 13.1. The van der Waals surface area contributed by atoms with Crippen molar-refractivity contribution in [2.24, 2.45) is 0 Å². The second-order valence-corrected chi connectivity index (χ2v) is 4.92. The Labute approximate surface area is 129 Å². The zero-order valence-electron chi connectivity index (χ0n) is 13.1. The quantitative estimate of drug-likeness (QED) is 0.707. The summed E-state index contributed by atoms with van der Waals surface area (Å²) >= 11 is 0. The van der Waals surface area contributed by atoms with Gasteiger partial charge in [-0.2, -0.15) is 0 Å². The topological polar surface area (TPSA) is 97.6 Å². The van der Waals surface area contributed by atoms with Gasteiger partial charge in [0.2, 0.25) is 5.91 Å². The van der Waals surface area contributed by atoms with Crippen LogP contribution >= 0.6 is 0 Å². The lowest BCUT2D eigenvalue weighted by molar-refractivity contribution is -0.141. The fraction of sp³-hybridized carbons (Fsp3) is 0.533. The third-order valence-corrected chi connectivity index (χ3v) is 3.01. The van der Waals surface area contributed by atoms with Gasteiger partial charge in [-0.1, -0.05) is 13.3 Å². The largest absolute Gasteiger partial charge is 0.469 e. The minimum absolute atomic E-state index is 0.121. The Morgan fingerprint density at radius 3 is 2.64 bits per heavy atom. The molecule has 0 fully saturated rings. The van der Waals surface area contributed by atoms with Gasteiger partial charge >= 0.3 is 5.97 Å². The first-order valence-electron chi connectivity index (χ1n) is 7.17. The minimum atomic E-state index is -0.392. The van der Waals surface area contributed by atoms with E-state index in [0.29, 0.717) is 12.2 Å². The van der Waals surface area contributed by atoms with Crippen molar-refractivity contribution in [3.8, 4) is 0 Å². The van der Waals surface area contributed by atoms with Crippen LogP contribution in [-0.4, -0.2) is 30.9 Å². The van der Waals surface area contributed by atoms with Crippen LogP contribution in [0.1, 0.15) is 49.4 Å². The van der Waals surface area contributed by atoms with Crippen LogP contribution in [0.4, 0.5) is 0 Å². The van der Waals surface area contributed by atoms with Crippen molar-refractivity contribution in [1.82, 2.24) is 10.6 Å². The standard InChI is InChI=1S/C15H22N2O5/c1-4-5-11(8-14(19)21-3)17-15(20)13-7-6-12(22-13)9-16-10(2)18/h6-7,11H,4-5,8-9H2,1-3H3,(H,16,18)(H,17,20)/t11-/m1/s1. The fourth-order valence-electron chi connectivity index (χ4n) is 1.92. The van der Waals surface area contributed by atoms with E-state index in [1.165, 1.54) is 20.1 Å². The number of methoxy groups -OCH3 is 1. The number of hydrogen-bond acceptors (Lipinski definition) is 5. The van der Waals surface area contributed by atoms with Gasteiger partial charge < -0.3 is 19.8 Å². The lowest BCUT2D eigenvalue weighted by Crippen LogP contribution is -2.36. The van der Waals surface area contributed by atoms with Crippen LogP contribution in [0, 0.1) is 0 Å². The molecule has 0 bridgehead atoms. The molecule has 1 atom stereocenters. The summed E-state index contributed by atoms with van der Waals surface area (Å²) in [5.74, 6) is -0.309. The molecule has 0 aliphatic carbocycles. The molecule has 2 N–H and O–H groups in total. The van der Waals surface area contributed by atoms with Crippen molar-refractivity contribution < 1.29 is 23.5 Å². The third kappa shape index (κ3) is 5.99. The maximum absolute atomic E-state index is 12.1. The maximum atomic E-state index is 12.1. The van der Waals surface area contributed by atoms with E-state index in [2.05, 4.69) is 15.4 Å². The molecule has 1 heterocycles. The number of furan rings is 1. The average Bonchev–Trinajstić information content (AvgIpc) is 2.94. The van der Waals surface area contributed by atoms with Crippen LogP contribution in [0.15, 0.2) is 16.5 Å². The molecule has 1 aromatic rings. The highest BCUT2D eigenvalue weighted by atomic mass is 16.5. The highest BCUT2D eigenvalue weighted by Crippen LogP contribution is 2.10. The van der Waals surface area contributed by atoms with Crippen molar-refractivity contribution in [3.63, 3.8) is 0 Å². The molecule has 2 amide bonds. The number of hydrogen-bond donors (Lipinski definition) is 2. The summed E-state index contributed by atoms with van der Waals surface area (Å²) in [6.07, 6.45) is 1.61. The van der Waals surface area contributed by atoms with Gasteiger partial charge in [0.25, 0.3) is 5.91 Å². The van der Waals surface area contributed by atoms with E-state index in [1.807, 2.05) is 6.92 Å². The Balaban J connectivity index is 2.61. The molecule has 1 aromatic heterocycles. The van der Waals surface area contributed by atoms with Crippen molar-refractivity contribution in [1.29, 1.82) is 0 Å². The van der Waals surface area contributed by atoms with Crippen molar-refractivity contribution in [2.75, 3.05) is 7.11 Å². The Morgan fingerprint density at radius 1 is 1.32 bits per heavy atom. The first-order valence-corrected chi connectivity index (χ1v) is 7.17. The summed E-state index contributed by atoms with van der Waals surface area (Å²) in [4.78, 5) is 34.3. The highest BCUT2D eigenvalue weighted by Gasteiger charge is 2.19. The molecule has 0 radical (unpaired) electrons. The van der Waals surface area contributed by atoms with Crippen LogP contribution in [0.2, 0.25) is 0 Å². The third-order valence-electron chi connectivity index (χ3n) is 3.01. The van der Waals surface area contributed by atoms with Gasteiger partial charge in [-0.25, -0.2) is 0 Å². The SMILES string of the molecule is CCC[C@H](CC(=O)OC)NC(=O)c1ccc(CNC(C)=O)o1. The first-order chi connectivity index (χ1) is 10.5. The summed E-state index contributed by atoms with van der Waals surface area (Å²) < 4.78 is 9.98. The maximum Gasteiger partial charge on any atom is 0.307 e. The second kappa shape index (κ2) is 8.86. The van der Waals surface area contributed by atoms with Crippen LogP contribution in [0.25, 0.3) is 0 Å². The van der Waals surface area contributed by atoms with Crippen molar-refractivity contribution in [3.05, 3.63) is 23.7 Å². The minimum Gasteiger partial charge on any atom is -0.469 e. The van der Waals surface area contributed by atoms with Gasteiger partial charge in [-0.05, 0) is 18.6 Å². The Hall–Kier alpha value is -2.31. The normalized spacial score (nSPS) is 11.6. The molecule has 7 heteroatoms. The van der Waals surface area contributed by atoms with E-state index in [9.17, 15) is 14.4 Å². The van der Waals surface area contributed by atoms with E-state index in [4.69, 9.17) is 4.42 Å². The van der Waals surface area contributed by atoms with Gasteiger partial charge in [-0.15, -0.1) is 0 Å². The van der Waals surface area contributed by atoms with Crippen molar-refractivity contribution >= 4 is 17.8 Å². The molecule has 0 aliphatic rings. The van der Waals surface area contributed by atoms with E-state index in [-0.39, 0.29) is 36.6 Å². The van der Waals surface area contributed by atoms with Crippen LogP contribution in [0.3, 0.4) is 0 Å². The molecule has 0 saturated carbocycles. The van der Waals surface area contributed by atoms with E-state index >= 15 is 0 Å². The van der Waals surface area contributed by atoms with E-state index < -0.39 is 5.91 Å². The summed E-state index contributed by atoms with van der Waals surface area (Å²) in [6, 6.07) is 2.86. The van der Waals surface area contributed by atoms with Gasteiger partial charge in [0.1, 0.15) is 5.76 Å². The summed E-state index contributed by atoms with van der Waals surface area (Å²) in [5, 5.41) is 5.34. The number of nitrogens with one attached hydrogen (secondary N) is 2. The highest BCUT2D eigenvalue weighted by molar-refractivity contribution is 5.92. The Morgan fingerprint density at radius 2 is 2.05 bits per heavy atom. The van der Waals surface area contributed by atoms with Crippen LogP contribution < -0.4 is 10.6 Å². The number of ether oxygens (including phenoxy) is 1. The van der Waals surface area contributed by atoms with Gasteiger partial charge in [-0.3, -0.25) is 14.4 Å². The summed E-state index contributed by atoms with van der Waals surface area (Å²) in [7, 11) is 1.31. The summed E-state index contributed by atoms with van der Waals surface area (Å²) in [6.45, 7) is 3.59. The predicted octanol–water partition coefficient (Wildman–Crippen LogP) is 1.38. The van der Waals surface area contributed by atoms with E-state index in [0.717, 1.165) is 6.42 Å². The Bertz CT molecular complexity index is 524. The molecule has 0 aliphatic heterocycles. The molecule has 22 heavy (non-hydrogen) atoms. The number of amides is 2. The predicted molar refractivity (Wildman–Crippen MR) is 79.0 cm³/mol. The monoisotopic (exact) mass is 310 g/mol. The van der Waals surface area contributed by atoms with Crippen LogP contribution in [-0.2, 0) is 20.9 Å². The molecule has 7 nitrogen and oxygen atoms in total. The average molecular weight is 310 g/mol. The second-order valence-electron chi connectivity index (χ2n) is 4.92. The van der Waals surface area contributed by atoms with Crippen LogP contribution in [0.5, 0.6) is 0 Å². The lowest BCUT2D eigenvalue weighted by Gasteiger charge is -2.16. The number of carbonyl (C=O) groups excluding carboxylic acids is 3. The van der Waals surface area contributed by atoms with E-state index in [1.54, 1.807) is 6.07 Å². The Kier molecular flexibility index (Phi) is 7.15. The van der Waals surface area contributed by atoms with Gasteiger partial charge in [0, 0.05) is 13.0 Å². The molecule has 0 unspecified atom stereocenters. The zero-order chi connectivity index (χ0) is 16.5. The van der Waals surface area contributed by atoms with Crippen molar-refractivity contribution in [2.45, 2.75) is 45.7 Å². The molecular formula is C15H22N2O5. The van der Waals surface area contributed by atoms with Gasteiger partial charge in [0.05, 0.1) is 20.1 Å².